The molecule has 122 valence electrons. The molecule has 0 aliphatic carbocycles. The van der Waals surface area contributed by atoms with Gasteiger partial charge in [0.25, 0.3) is 0 Å². The van der Waals surface area contributed by atoms with E-state index >= 15 is 0 Å². The summed E-state index contributed by atoms with van der Waals surface area (Å²) in [6.07, 6.45) is 5.92. The molecule has 1 aromatic carbocycles. The molecule has 4 nitrogen and oxygen atoms in total. The van der Waals surface area contributed by atoms with Crippen LogP contribution in [0.1, 0.15) is 41.6 Å². The summed E-state index contributed by atoms with van der Waals surface area (Å²) in [7, 11) is 0. The van der Waals surface area contributed by atoms with Crippen molar-refractivity contribution in [1.82, 2.24) is 14.9 Å². The molecule has 4 heteroatoms. The Kier molecular flexibility index (Phi) is 5.23. The van der Waals surface area contributed by atoms with E-state index in [2.05, 4.69) is 44.5 Å². The second-order valence-electron chi connectivity index (χ2n) is 6.42. The number of aryl methyl sites for hydroxylation is 2. The normalized spacial score (nSPS) is 15.6. The first kappa shape index (κ1) is 15.9. The average Bonchev–Trinajstić information content (AvgIpc) is 2.58. The number of benzene rings is 1. The number of anilines is 1. The van der Waals surface area contributed by atoms with E-state index in [-0.39, 0.29) is 0 Å². The maximum absolute atomic E-state index is 4.50. The highest BCUT2D eigenvalue weighted by Gasteiger charge is 2.12. The van der Waals surface area contributed by atoms with Crippen molar-refractivity contribution in [3.63, 3.8) is 0 Å². The minimum Gasteiger partial charge on any atom is -0.350 e. The molecule has 2 heterocycles. The molecule has 2 aromatic rings. The van der Waals surface area contributed by atoms with Gasteiger partial charge in [0.15, 0.2) is 0 Å². The van der Waals surface area contributed by atoms with Crippen LogP contribution in [0.2, 0.25) is 0 Å². The lowest BCUT2D eigenvalue weighted by Crippen LogP contribution is -2.29. The molecule has 0 unspecified atom stereocenters. The molecule has 1 aliphatic heterocycles. The highest BCUT2D eigenvalue weighted by atomic mass is 15.1. The fourth-order valence-electron chi connectivity index (χ4n) is 3.03. The van der Waals surface area contributed by atoms with Gasteiger partial charge in [0.1, 0.15) is 0 Å². The van der Waals surface area contributed by atoms with E-state index in [1.807, 2.05) is 20.0 Å². The summed E-state index contributed by atoms with van der Waals surface area (Å²) in [5.41, 5.74) is 4.90. The van der Waals surface area contributed by atoms with Gasteiger partial charge in [-0.25, -0.2) is 9.97 Å². The van der Waals surface area contributed by atoms with Gasteiger partial charge in [0, 0.05) is 25.0 Å². The molecule has 0 radical (unpaired) electrons. The van der Waals surface area contributed by atoms with Gasteiger partial charge in [0.2, 0.25) is 5.95 Å². The molecular weight excluding hydrogens is 284 g/mol. The summed E-state index contributed by atoms with van der Waals surface area (Å²) in [4.78, 5) is 11.4. The van der Waals surface area contributed by atoms with Crippen molar-refractivity contribution in [2.45, 2.75) is 46.2 Å². The lowest BCUT2D eigenvalue weighted by molar-refractivity contribution is 0.220. The lowest BCUT2D eigenvalue weighted by atomic mass is 10.0. The number of rotatable bonds is 5. The predicted octanol–water partition coefficient (Wildman–Crippen LogP) is 3.69. The summed E-state index contributed by atoms with van der Waals surface area (Å²) < 4.78 is 0. The van der Waals surface area contributed by atoms with Crippen LogP contribution in [0, 0.1) is 13.8 Å². The number of nitrogens with one attached hydrogen (secondary N) is 1. The van der Waals surface area contributed by atoms with Crippen LogP contribution in [0.5, 0.6) is 0 Å². The summed E-state index contributed by atoms with van der Waals surface area (Å²) in [6.45, 7) is 8.32. The summed E-state index contributed by atoms with van der Waals surface area (Å²) >= 11 is 0. The molecule has 0 spiro atoms. The third-order valence-corrected chi connectivity index (χ3v) is 4.62. The highest BCUT2D eigenvalue weighted by molar-refractivity contribution is 5.34. The first-order valence-corrected chi connectivity index (χ1v) is 8.55. The zero-order valence-electron chi connectivity index (χ0n) is 14.2. The summed E-state index contributed by atoms with van der Waals surface area (Å²) in [5, 5.41) is 3.37. The van der Waals surface area contributed by atoms with Crippen molar-refractivity contribution in [3.8, 4) is 0 Å². The van der Waals surface area contributed by atoms with E-state index < -0.39 is 0 Å². The van der Waals surface area contributed by atoms with Gasteiger partial charge in [-0.2, -0.15) is 0 Å². The number of likely N-dealkylation sites (tertiary alicyclic amines) is 1. The predicted molar refractivity (Wildman–Crippen MR) is 94.4 cm³/mol. The van der Waals surface area contributed by atoms with Crippen LogP contribution in [0.15, 0.2) is 30.5 Å². The zero-order chi connectivity index (χ0) is 16.1. The van der Waals surface area contributed by atoms with Crippen LogP contribution >= 0.6 is 0 Å². The number of piperidine rings is 1. The maximum Gasteiger partial charge on any atom is 0.223 e. The molecular formula is C19H26N4. The van der Waals surface area contributed by atoms with E-state index in [0.29, 0.717) is 5.95 Å². The van der Waals surface area contributed by atoms with Gasteiger partial charge >= 0.3 is 0 Å². The highest BCUT2D eigenvalue weighted by Crippen LogP contribution is 2.17. The van der Waals surface area contributed by atoms with Crippen LogP contribution < -0.4 is 5.32 Å². The van der Waals surface area contributed by atoms with Crippen LogP contribution in [0.25, 0.3) is 0 Å². The first-order valence-electron chi connectivity index (χ1n) is 8.55. The number of aromatic nitrogens is 2. The Morgan fingerprint density at radius 2 is 1.78 bits per heavy atom. The Labute approximate surface area is 139 Å². The Hall–Kier alpha value is -1.94. The molecule has 1 N–H and O–H groups in total. The molecule has 1 aliphatic rings. The third-order valence-electron chi connectivity index (χ3n) is 4.62. The van der Waals surface area contributed by atoms with Gasteiger partial charge in [-0.1, -0.05) is 30.7 Å². The summed E-state index contributed by atoms with van der Waals surface area (Å²) in [6, 6.07) is 8.69. The van der Waals surface area contributed by atoms with Gasteiger partial charge in [-0.05, 0) is 56.5 Å². The molecule has 23 heavy (non-hydrogen) atoms. The van der Waals surface area contributed by atoms with Crippen LogP contribution in [0.3, 0.4) is 0 Å². The fraction of sp³-hybridized carbons (Fsp3) is 0.474. The van der Waals surface area contributed by atoms with Gasteiger partial charge < -0.3 is 5.32 Å². The largest absolute Gasteiger partial charge is 0.350 e. The SMILES string of the molecule is Cc1cnc(NCc2ccccc2CN2CCCCC2)nc1C. The molecule has 3 rings (SSSR count). The van der Waals surface area contributed by atoms with Crippen molar-refractivity contribution in [1.29, 1.82) is 0 Å². The van der Waals surface area contributed by atoms with Crippen molar-refractivity contribution in [2.24, 2.45) is 0 Å². The molecule has 0 saturated carbocycles. The maximum atomic E-state index is 4.50. The van der Waals surface area contributed by atoms with Gasteiger partial charge in [-0.15, -0.1) is 0 Å². The van der Waals surface area contributed by atoms with Crippen LogP contribution in [0.4, 0.5) is 5.95 Å². The van der Waals surface area contributed by atoms with Crippen molar-refractivity contribution < 1.29 is 0 Å². The minimum absolute atomic E-state index is 0.709. The topological polar surface area (TPSA) is 41.1 Å². The smallest absolute Gasteiger partial charge is 0.223 e. The number of nitrogens with zero attached hydrogens (tertiary/aromatic N) is 3. The van der Waals surface area contributed by atoms with Crippen molar-refractivity contribution in [2.75, 3.05) is 18.4 Å². The molecule has 0 amide bonds. The van der Waals surface area contributed by atoms with E-state index in [1.165, 1.54) is 43.5 Å². The van der Waals surface area contributed by atoms with Crippen molar-refractivity contribution in [3.05, 3.63) is 52.8 Å². The lowest BCUT2D eigenvalue weighted by Gasteiger charge is -2.27. The monoisotopic (exact) mass is 310 g/mol. The van der Waals surface area contributed by atoms with E-state index in [1.54, 1.807) is 0 Å². The van der Waals surface area contributed by atoms with Gasteiger partial charge in [0.05, 0.1) is 0 Å². The Bertz CT molecular complexity index is 648. The third kappa shape index (κ3) is 4.29. The summed E-state index contributed by atoms with van der Waals surface area (Å²) in [5.74, 6) is 0.709. The number of hydrogen-bond donors (Lipinski definition) is 1. The van der Waals surface area contributed by atoms with Gasteiger partial charge in [-0.3, -0.25) is 4.90 Å². The standard InChI is InChI=1S/C19H26N4/c1-15-12-20-19(22-16(15)2)21-13-17-8-4-5-9-18(17)14-23-10-6-3-7-11-23/h4-5,8-9,12H,3,6-7,10-11,13-14H2,1-2H3,(H,20,21,22). The minimum atomic E-state index is 0.709. The van der Waals surface area contributed by atoms with Crippen LogP contribution in [-0.2, 0) is 13.1 Å². The number of hydrogen-bond acceptors (Lipinski definition) is 4. The Morgan fingerprint density at radius 3 is 2.52 bits per heavy atom. The zero-order valence-corrected chi connectivity index (χ0v) is 14.2. The molecule has 1 saturated heterocycles. The van der Waals surface area contributed by atoms with E-state index in [4.69, 9.17) is 0 Å². The molecule has 0 bridgehead atoms. The second-order valence-corrected chi connectivity index (χ2v) is 6.42. The quantitative estimate of drug-likeness (QED) is 0.914. The van der Waals surface area contributed by atoms with Crippen molar-refractivity contribution >= 4 is 5.95 Å². The average molecular weight is 310 g/mol. The van der Waals surface area contributed by atoms with E-state index in [9.17, 15) is 0 Å². The fourth-order valence-corrected chi connectivity index (χ4v) is 3.03. The molecule has 0 atom stereocenters. The van der Waals surface area contributed by atoms with E-state index in [0.717, 1.165) is 24.3 Å². The Balaban J connectivity index is 1.66. The molecule has 1 fully saturated rings. The first-order chi connectivity index (χ1) is 11.2. The second kappa shape index (κ2) is 7.55. The van der Waals surface area contributed by atoms with Crippen LogP contribution in [-0.4, -0.2) is 28.0 Å². The Morgan fingerprint density at radius 1 is 1.04 bits per heavy atom. The molecule has 1 aromatic heterocycles.